The largest absolute Gasteiger partial charge is 0.260 e. The van der Waals surface area contributed by atoms with Gasteiger partial charge in [0.1, 0.15) is 0 Å². The van der Waals surface area contributed by atoms with E-state index in [2.05, 4.69) is 103 Å². The number of nitrogens with zero attached hydrogens (tertiary/aromatic N) is 1. The van der Waals surface area contributed by atoms with Gasteiger partial charge in [0.15, 0.2) is 0 Å². The fourth-order valence-corrected chi connectivity index (χ4v) is 6.32. The quantitative estimate of drug-likeness (QED) is 0.212. The molecule has 0 N–H and O–H groups in total. The van der Waals surface area contributed by atoms with Gasteiger partial charge >= 0.3 is 0 Å². The fourth-order valence-electron chi connectivity index (χ4n) is 6.32. The number of allylic oxidation sites excluding steroid dienone is 5. The second-order valence-electron chi connectivity index (χ2n) is 11.3. The Morgan fingerprint density at radius 2 is 1.76 bits per heavy atom. The van der Waals surface area contributed by atoms with E-state index in [1.54, 1.807) is 0 Å². The summed E-state index contributed by atoms with van der Waals surface area (Å²) in [5, 5.41) is 0. The summed E-state index contributed by atoms with van der Waals surface area (Å²) in [7, 11) is 0. The molecule has 2 aliphatic carbocycles. The van der Waals surface area contributed by atoms with Gasteiger partial charge in [-0.15, -0.1) is 6.42 Å². The third-order valence-electron chi connectivity index (χ3n) is 8.49. The summed E-state index contributed by atoms with van der Waals surface area (Å²) in [5.41, 5.74) is 8.88. The van der Waals surface area contributed by atoms with Crippen LogP contribution in [-0.4, -0.2) is 4.98 Å². The molecule has 1 heteroatoms. The van der Waals surface area contributed by atoms with Gasteiger partial charge < -0.3 is 0 Å². The molecule has 3 aromatic rings. The highest BCUT2D eigenvalue weighted by Crippen LogP contribution is 2.43. The van der Waals surface area contributed by atoms with Crippen molar-refractivity contribution in [2.75, 3.05) is 0 Å². The molecule has 0 radical (unpaired) electrons. The Morgan fingerprint density at radius 1 is 1.00 bits per heavy atom. The van der Waals surface area contributed by atoms with Gasteiger partial charge in [-0.2, -0.15) is 0 Å². The van der Waals surface area contributed by atoms with Crippen LogP contribution in [0.4, 0.5) is 0 Å². The van der Waals surface area contributed by atoms with Crippen molar-refractivity contribution >= 4 is 5.57 Å². The maximum absolute atomic E-state index is 5.50. The van der Waals surface area contributed by atoms with Crippen LogP contribution in [0.5, 0.6) is 0 Å². The SMILES string of the molecule is C#Cc1ccc(CC2CCC(C(C(=C)CCc3ccccc3)c3ccc(C4=CC(C)C=C4)cc3)CC2)nc1. The topological polar surface area (TPSA) is 12.9 Å². The van der Waals surface area contributed by atoms with Gasteiger partial charge in [0.25, 0.3) is 0 Å². The number of hydrogen-bond acceptors (Lipinski definition) is 1. The van der Waals surface area contributed by atoms with Crippen molar-refractivity contribution in [1.82, 2.24) is 4.98 Å². The van der Waals surface area contributed by atoms with Crippen molar-refractivity contribution in [3.05, 3.63) is 131 Å². The molecule has 5 rings (SSSR count). The zero-order chi connectivity index (χ0) is 26.3. The van der Waals surface area contributed by atoms with E-state index in [1.165, 1.54) is 53.5 Å². The minimum absolute atomic E-state index is 0.411. The van der Waals surface area contributed by atoms with Crippen LogP contribution < -0.4 is 0 Å². The Bertz CT molecular complexity index is 1310. The van der Waals surface area contributed by atoms with Crippen LogP contribution >= 0.6 is 0 Å². The Labute approximate surface area is 229 Å². The van der Waals surface area contributed by atoms with Crippen LogP contribution in [0.1, 0.15) is 72.9 Å². The molecule has 1 heterocycles. The first kappa shape index (κ1) is 26.0. The van der Waals surface area contributed by atoms with Crippen molar-refractivity contribution < 1.29 is 0 Å². The van der Waals surface area contributed by atoms with Crippen LogP contribution in [0.2, 0.25) is 0 Å². The highest BCUT2D eigenvalue weighted by molar-refractivity contribution is 5.76. The first-order valence-electron chi connectivity index (χ1n) is 14.2. The van der Waals surface area contributed by atoms with Crippen LogP contribution in [0.25, 0.3) is 5.57 Å². The third-order valence-corrected chi connectivity index (χ3v) is 8.49. The molecule has 1 fully saturated rings. The van der Waals surface area contributed by atoms with Gasteiger partial charge in [-0.05, 0) is 97.1 Å². The second-order valence-corrected chi connectivity index (χ2v) is 11.3. The Balaban J connectivity index is 1.29. The lowest BCUT2D eigenvalue weighted by molar-refractivity contribution is 0.251. The lowest BCUT2D eigenvalue weighted by atomic mass is 9.69. The molecule has 0 amide bonds. The highest BCUT2D eigenvalue weighted by Gasteiger charge is 2.30. The van der Waals surface area contributed by atoms with E-state index in [0.717, 1.165) is 30.5 Å². The van der Waals surface area contributed by atoms with E-state index in [-0.39, 0.29) is 0 Å². The van der Waals surface area contributed by atoms with E-state index >= 15 is 0 Å². The molecule has 1 nitrogen and oxygen atoms in total. The molecular weight excluding hydrogens is 458 g/mol. The zero-order valence-electron chi connectivity index (χ0n) is 22.7. The van der Waals surface area contributed by atoms with Crippen molar-refractivity contribution in [2.24, 2.45) is 17.8 Å². The molecule has 2 aliphatic rings. The Morgan fingerprint density at radius 3 is 2.39 bits per heavy atom. The third kappa shape index (κ3) is 6.43. The summed E-state index contributed by atoms with van der Waals surface area (Å²) in [6.45, 7) is 6.93. The molecule has 0 saturated heterocycles. The average molecular weight is 498 g/mol. The van der Waals surface area contributed by atoms with Crippen LogP contribution in [0.3, 0.4) is 0 Å². The monoisotopic (exact) mass is 497 g/mol. The lowest BCUT2D eigenvalue weighted by Crippen LogP contribution is -2.23. The van der Waals surface area contributed by atoms with Crippen molar-refractivity contribution in [3.8, 4) is 12.3 Å². The maximum Gasteiger partial charge on any atom is 0.0427 e. The average Bonchev–Trinajstić information content (AvgIpc) is 3.40. The summed E-state index contributed by atoms with van der Waals surface area (Å²) in [6, 6.07) is 24.3. The van der Waals surface area contributed by atoms with E-state index in [1.807, 2.05) is 12.3 Å². The minimum atomic E-state index is 0.411. The molecule has 2 aromatic carbocycles. The van der Waals surface area contributed by atoms with Crippen LogP contribution in [0.15, 0.2) is 103 Å². The molecule has 1 saturated carbocycles. The first-order chi connectivity index (χ1) is 18.6. The number of pyridine rings is 1. The summed E-state index contributed by atoms with van der Waals surface area (Å²) in [4.78, 5) is 4.61. The number of benzene rings is 2. The molecule has 1 aromatic heterocycles. The zero-order valence-corrected chi connectivity index (χ0v) is 22.7. The summed E-state index contributed by atoms with van der Waals surface area (Å²) >= 11 is 0. The molecular formula is C37H39N. The van der Waals surface area contributed by atoms with Crippen LogP contribution in [-0.2, 0) is 12.8 Å². The lowest BCUT2D eigenvalue weighted by Gasteiger charge is -2.35. The predicted molar refractivity (Wildman–Crippen MR) is 161 cm³/mol. The van der Waals surface area contributed by atoms with E-state index in [0.29, 0.717) is 23.7 Å². The molecule has 0 spiro atoms. The summed E-state index contributed by atoms with van der Waals surface area (Å²) in [5.74, 6) is 4.94. The van der Waals surface area contributed by atoms with Gasteiger partial charge in [-0.25, -0.2) is 0 Å². The van der Waals surface area contributed by atoms with Crippen molar-refractivity contribution in [3.63, 3.8) is 0 Å². The molecule has 2 unspecified atom stereocenters. The highest BCUT2D eigenvalue weighted by atomic mass is 14.7. The Hall–Kier alpha value is -3.63. The van der Waals surface area contributed by atoms with Gasteiger partial charge in [0.05, 0.1) is 0 Å². The molecule has 38 heavy (non-hydrogen) atoms. The minimum Gasteiger partial charge on any atom is -0.260 e. The number of hydrogen-bond donors (Lipinski definition) is 0. The summed E-state index contributed by atoms with van der Waals surface area (Å²) in [6.07, 6.45) is 22.3. The number of aromatic nitrogens is 1. The van der Waals surface area contributed by atoms with Crippen molar-refractivity contribution in [1.29, 1.82) is 0 Å². The van der Waals surface area contributed by atoms with Gasteiger partial charge in [-0.3, -0.25) is 4.98 Å². The number of terminal acetylenes is 1. The fraction of sp³-hybridized carbons (Fsp3) is 0.324. The molecule has 2 atom stereocenters. The standard InChI is InChI=1S/C37H39N/c1-4-29-15-23-36(38-26-29)25-31-13-17-33(18-14-31)37(28(3)11-12-30-8-6-5-7-9-30)34-21-19-32(20-22-34)35-16-10-27(2)24-35/h1,5-10,15-16,19-24,26-27,31,33,37H,3,11-14,17-18,25H2,2H3. The number of aryl methyl sites for hydroxylation is 1. The van der Waals surface area contributed by atoms with E-state index in [4.69, 9.17) is 6.42 Å². The molecule has 192 valence electrons. The molecule has 0 aliphatic heterocycles. The maximum atomic E-state index is 5.50. The van der Waals surface area contributed by atoms with Gasteiger partial charge in [-0.1, -0.05) is 97.8 Å². The smallest absolute Gasteiger partial charge is 0.0427 e. The predicted octanol–water partition coefficient (Wildman–Crippen LogP) is 8.97. The number of rotatable bonds is 9. The Kier molecular flexibility index (Phi) is 8.40. The molecule has 0 bridgehead atoms. The van der Waals surface area contributed by atoms with Gasteiger partial charge in [0.2, 0.25) is 0 Å². The normalized spacial score (nSPS) is 21.5. The summed E-state index contributed by atoms with van der Waals surface area (Å²) < 4.78 is 0. The van der Waals surface area contributed by atoms with E-state index < -0.39 is 0 Å². The first-order valence-corrected chi connectivity index (χ1v) is 14.2. The van der Waals surface area contributed by atoms with Gasteiger partial charge in [0, 0.05) is 23.4 Å². The van der Waals surface area contributed by atoms with Crippen molar-refractivity contribution in [2.45, 2.75) is 57.8 Å². The van der Waals surface area contributed by atoms with E-state index in [9.17, 15) is 0 Å². The van der Waals surface area contributed by atoms with Crippen LogP contribution in [0, 0.1) is 30.1 Å². The second kappa shape index (κ2) is 12.3.